The third-order valence-corrected chi connectivity index (χ3v) is 5.97. The number of rotatable bonds is 3. The zero-order valence-corrected chi connectivity index (χ0v) is 18.0. The lowest BCUT2D eigenvalue weighted by atomic mass is 9.80. The van der Waals surface area contributed by atoms with Crippen molar-refractivity contribution in [1.29, 1.82) is 0 Å². The Bertz CT molecular complexity index is 1030. The average molecular weight is 463 g/mol. The van der Waals surface area contributed by atoms with Gasteiger partial charge in [0.25, 0.3) is 5.91 Å². The van der Waals surface area contributed by atoms with E-state index in [-0.39, 0.29) is 17.2 Å². The van der Waals surface area contributed by atoms with Gasteiger partial charge in [0.05, 0.1) is 0 Å². The molecule has 0 radical (unpaired) electrons. The van der Waals surface area contributed by atoms with Crippen LogP contribution >= 0.6 is 0 Å². The van der Waals surface area contributed by atoms with E-state index in [2.05, 4.69) is 10.3 Å². The van der Waals surface area contributed by atoms with Crippen molar-refractivity contribution in [2.75, 3.05) is 11.4 Å². The van der Waals surface area contributed by atoms with Gasteiger partial charge in [0.2, 0.25) is 5.91 Å². The highest BCUT2D eigenvalue weighted by Gasteiger charge is 2.45. The summed E-state index contributed by atoms with van der Waals surface area (Å²) in [7, 11) is 0. The number of aromatic nitrogens is 1. The number of halogens is 3. The van der Waals surface area contributed by atoms with Crippen molar-refractivity contribution in [3.63, 3.8) is 0 Å². The lowest BCUT2D eigenvalue weighted by Crippen LogP contribution is -2.34. The largest absolute Gasteiger partial charge is 0.490 e. The number of alkyl halides is 3. The van der Waals surface area contributed by atoms with Gasteiger partial charge in [-0.25, -0.2) is 4.79 Å². The summed E-state index contributed by atoms with van der Waals surface area (Å²) < 4.78 is 31.7. The second-order valence-electron chi connectivity index (χ2n) is 8.17. The van der Waals surface area contributed by atoms with E-state index in [1.165, 1.54) is 18.4 Å². The maximum Gasteiger partial charge on any atom is 0.490 e. The highest BCUT2D eigenvalue weighted by molar-refractivity contribution is 5.98. The van der Waals surface area contributed by atoms with Crippen molar-refractivity contribution in [2.45, 2.75) is 50.7 Å². The van der Waals surface area contributed by atoms with Gasteiger partial charge in [-0.2, -0.15) is 13.2 Å². The topological polar surface area (TPSA) is 99.6 Å². The van der Waals surface area contributed by atoms with Gasteiger partial charge < -0.3 is 15.3 Å². The van der Waals surface area contributed by atoms with E-state index in [4.69, 9.17) is 9.90 Å². The summed E-state index contributed by atoms with van der Waals surface area (Å²) in [6.45, 7) is 2.84. The van der Waals surface area contributed by atoms with Crippen LogP contribution in [0.1, 0.15) is 54.1 Å². The molecule has 0 saturated heterocycles. The molecular formula is C23H24F3N3O4. The summed E-state index contributed by atoms with van der Waals surface area (Å²) in [5, 5.41) is 10.1. The van der Waals surface area contributed by atoms with Crippen molar-refractivity contribution in [2.24, 2.45) is 0 Å². The number of hydrogen-bond donors (Lipinski definition) is 2. The van der Waals surface area contributed by atoms with Gasteiger partial charge in [-0.15, -0.1) is 0 Å². The number of carbonyl (C=O) groups is 3. The van der Waals surface area contributed by atoms with Gasteiger partial charge in [-0.3, -0.25) is 14.6 Å². The van der Waals surface area contributed by atoms with Crippen LogP contribution in [0.5, 0.6) is 0 Å². The Balaban J connectivity index is 0.000000383. The molecule has 1 spiro atoms. The van der Waals surface area contributed by atoms with Crippen molar-refractivity contribution in [3.05, 3.63) is 59.4 Å². The van der Waals surface area contributed by atoms with Crippen LogP contribution in [-0.2, 0) is 21.5 Å². The number of nitrogens with zero attached hydrogens (tertiary/aromatic N) is 2. The van der Waals surface area contributed by atoms with Crippen LogP contribution < -0.4 is 10.2 Å². The standard InChI is InChI=1S/C21H23N3O2.C2HF3O2/c1-15(25)24-14-21(8-2-3-9-21)18-12-17(4-5-19(18)24)20(26)23-13-16-6-10-22-11-7-16;3-2(4,5)1(6)7/h4-7,10-12H,2-3,8-9,13-14H2,1H3,(H,23,26);(H,6,7). The normalized spacial score (nSPS) is 16.1. The number of hydrogen-bond acceptors (Lipinski definition) is 4. The number of anilines is 1. The molecule has 2 aliphatic rings. The van der Waals surface area contributed by atoms with Crippen LogP contribution in [0.25, 0.3) is 0 Å². The predicted molar refractivity (Wildman–Crippen MR) is 114 cm³/mol. The van der Waals surface area contributed by atoms with Crippen LogP contribution in [0.15, 0.2) is 42.7 Å². The second-order valence-corrected chi connectivity index (χ2v) is 8.17. The molecule has 2 aromatic rings. The average Bonchev–Trinajstić information content (AvgIpc) is 3.38. The molecule has 4 rings (SSSR count). The highest BCUT2D eigenvalue weighted by Crippen LogP contribution is 2.50. The molecule has 1 aliphatic heterocycles. The number of carboxylic acids is 1. The Labute approximate surface area is 188 Å². The summed E-state index contributed by atoms with van der Waals surface area (Å²) in [5.74, 6) is -2.77. The molecule has 2 N–H and O–H groups in total. The molecule has 0 atom stereocenters. The fourth-order valence-electron chi connectivity index (χ4n) is 4.36. The monoisotopic (exact) mass is 463 g/mol. The van der Waals surface area contributed by atoms with E-state index in [1.54, 1.807) is 19.3 Å². The fourth-order valence-corrected chi connectivity index (χ4v) is 4.36. The first kappa shape index (κ1) is 24.2. The Hall–Kier alpha value is -3.43. The van der Waals surface area contributed by atoms with Crippen LogP contribution in [0.3, 0.4) is 0 Å². The molecule has 1 aromatic carbocycles. The molecule has 33 heavy (non-hydrogen) atoms. The Morgan fingerprint density at radius 3 is 2.27 bits per heavy atom. The van der Waals surface area contributed by atoms with Gasteiger partial charge in [0.1, 0.15) is 0 Å². The van der Waals surface area contributed by atoms with Gasteiger partial charge >= 0.3 is 12.1 Å². The molecular weight excluding hydrogens is 439 g/mol. The lowest BCUT2D eigenvalue weighted by molar-refractivity contribution is -0.192. The summed E-state index contributed by atoms with van der Waals surface area (Å²) >= 11 is 0. The number of pyridine rings is 1. The maximum absolute atomic E-state index is 12.6. The first-order chi connectivity index (χ1) is 15.5. The van der Waals surface area contributed by atoms with E-state index >= 15 is 0 Å². The first-order valence-electron chi connectivity index (χ1n) is 10.4. The van der Waals surface area contributed by atoms with E-state index in [0.29, 0.717) is 12.1 Å². The lowest BCUT2D eigenvalue weighted by Gasteiger charge is -2.24. The van der Waals surface area contributed by atoms with Crippen molar-refractivity contribution < 1.29 is 32.7 Å². The third kappa shape index (κ3) is 5.50. The number of carbonyl (C=O) groups excluding carboxylic acids is 2. The number of amides is 2. The molecule has 0 unspecified atom stereocenters. The molecule has 1 saturated carbocycles. The molecule has 1 fully saturated rings. The Morgan fingerprint density at radius 2 is 1.73 bits per heavy atom. The van der Waals surface area contributed by atoms with Gasteiger partial charge in [0.15, 0.2) is 0 Å². The van der Waals surface area contributed by atoms with E-state index < -0.39 is 12.1 Å². The summed E-state index contributed by atoms with van der Waals surface area (Å²) in [6, 6.07) is 9.55. The smallest absolute Gasteiger partial charge is 0.475 e. The van der Waals surface area contributed by atoms with Crippen molar-refractivity contribution >= 4 is 23.5 Å². The molecule has 7 nitrogen and oxygen atoms in total. The molecule has 2 heterocycles. The van der Waals surface area contributed by atoms with Crippen LogP contribution in [0, 0.1) is 0 Å². The molecule has 2 amide bonds. The van der Waals surface area contributed by atoms with E-state index in [1.807, 2.05) is 35.2 Å². The molecule has 1 aromatic heterocycles. The van der Waals surface area contributed by atoms with Crippen molar-refractivity contribution in [3.8, 4) is 0 Å². The van der Waals surface area contributed by atoms with Crippen LogP contribution in [0.2, 0.25) is 0 Å². The highest BCUT2D eigenvalue weighted by atomic mass is 19.4. The van der Waals surface area contributed by atoms with E-state index in [0.717, 1.165) is 30.6 Å². The summed E-state index contributed by atoms with van der Waals surface area (Å²) in [6.07, 6.45) is 2.90. The molecule has 176 valence electrons. The zero-order valence-electron chi connectivity index (χ0n) is 18.0. The number of fused-ring (bicyclic) bond motifs is 2. The minimum Gasteiger partial charge on any atom is -0.475 e. The first-order valence-corrected chi connectivity index (χ1v) is 10.4. The summed E-state index contributed by atoms with van der Waals surface area (Å²) in [5.41, 5.74) is 3.86. The number of aliphatic carboxylic acids is 1. The molecule has 0 bridgehead atoms. The predicted octanol–water partition coefficient (Wildman–Crippen LogP) is 3.82. The maximum atomic E-state index is 12.6. The number of benzene rings is 1. The number of nitrogens with one attached hydrogen (secondary N) is 1. The third-order valence-electron chi connectivity index (χ3n) is 5.97. The minimum absolute atomic E-state index is 0.0302. The molecule has 10 heteroatoms. The number of carboxylic acid groups (broad SMARTS) is 1. The quantitative estimate of drug-likeness (QED) is 0.721. The van der Waals surface area contributed by atoms with Crippen molar-refractivity contribution in [1.82, 2.24) is 10.3 Å². The van der Waals surface area contributed by atoms with Crippen LogP contribution in [0.4, 0.5) is 18.9 Å². The molecule has 1 aliphatic carbocycles. The SMILES string of the molecule is CC(=O)N1CC2(CCCC2)c2cc(C(=O)NCc3ccncc3)ccc21.O=C(O)C(F)(F)F. The van der Waals surface area contributed by atoms with E-state index in [9.17, 15) is 22.8 Å². The van der Waals surface area contributed by atoms with Gasteiger partial charge in [-0.05, 0) is 54.3 Å². The second kappa shape index (κ2) is 9.60. The summed E-state index contributed by atoms with van der Waals surface area (Å²) in [4.78, 5) is 39.5. The zero-order chi connectivity index (χ0) is 24.2. The minimum atomic E-state index is -5.08. The Kier molecular flexibility index (Phi) is 7.04. The Morgan fingerprint density at radius 1 is 1.12 bits per heavy atom. The fraction of sp³-hybridized carbons (Fsp3) is 0.391. The van der Waals surface area contributed by atoms with Crippen LogP contribution in [-0.4, -0.2) is 40.6 Å². The van der Waals surface area contributed by atoms with Gasteiger partial charge in [-0.1, -0.05) is 12.8 Å². The van der Waals surface area contributed by atoms with Gasteiger partial charge in [0, 0.05) is 49.1 Å².